The lowest BCUT2D eigenvalue weighted by atomic mass is 10.1. The first kappa shape index (κ1) is 14.0. The average Bonchev–Trinajstić information content (AvgIpc) is 3.03. The van der Waals surface area contributed by atoms with E-state index in [1.807, 2.05) is 17.5 Å². The van der Waals surface area contributed by atoms with Gasteiger partial charge >= 0.3 is 5.97 Å². The van der Waals surface area contributed by atoms with Crippen molar-refractivity contribution in [3.63, 3.8) is 0 Å². The van der Waals surface area contributed by atoms with Crippen LogP contribution in [0.4, 0.5) is 0 Å². The molecule has 0 radical (unpaired) electrons. The van der Waals surface area contributed by atoms with Crippen LogP contribution < -0.4 is 5.73 Å². The number of aliphatic carboxylic acids is 1. The van der Waals surface area contributed by atoms with Crippen LogP contribution in [0.2, 0.25) is 0 Å². The van der Waals surface area contributed by atoms with Gasteiger partial charge in [-0.2, -0.15) is 0 Å². The number of hydrogen-bond acceptors (Lipinski definition) is 4. The average molecular weight is 282 g/mol. The number of hydrogen-bond donors (Lipinski definition) is 2. The van der Waals surface area contributed by atoms with Gasteiger partial charge < -0.3 is 15.7 Å². The molecule has 0 aromatic carbocycles. The van der Waals surface area contributed by atoms with Crippen LogP contribution in [0.15, 0.2) is 17.5 Å². The highest BCUT2D eigenvalue weighted by molar-refractivity contribution is 7.10. The third kappa shape index (κ3) is 3.33. The first-order chi connectivity index (χ1) is 9.09. The van der Waals surface area contributed by atoms with E-state index in [9.17, 15) is 9.59 Å². The number of carboxylic acid groups (broad SMARTS) is 1. The Morgan fingerprint density at radius 2 is 2.37 bits per heavy atom. The molecule has 0 saturated carbocycles. The van der Waals surface area contributed by atoms with E-state index in [1.54, 1.807) is 16.2 Å². The molecule has 2 unspecified atom stereocenters. The Morgan fingerprint density at radius 1 is 1.58 bits per heavy atom. The lowest BCUT2D eigenvalue weighted by Gasteiger charge is -2.26. The summed E-state index contributed by atoms with van der Waals surface area (Å²) < 4.78 is 0. The van der Waals surface area contributed by atoms with Crippen LogP contribution in [0.25, 0.3) is 0 Å². The quantitative estimate of drug-likeness (QED) is 0.859. The van der Waals surface area contributed by atoms with Gasteiger partial charge in [0.2, 0.25) is 5.91 Å². The summed E-state index contributed by atoms with van der Waals surface area (Å²) in [6, 6.07) is 3.41. The van der Waals surface area contributed by atoms with Gasteiger partial charge in [0.15, 0.2) is 0 Å². The summed E-state index contributed by atoms with van der Waals surface area (Å²) in [6.45, 7) is 0.710. The molecular weight excluding hydrogens is 264 g/mol. The van der Waals surface area contributed by atoms with Crippen molar-refractivity contribution in [2.24, 2.45) is 5.73 Å². The molecule has 0 aliphatic carbocycles. The van der Waals surface area contributed by atoms with E-state index >= 15 is 0 Å². The molecule has 1 aliphatic heterocycles. The van der Waals surface area contributed by atoms with E-state index in [4.69, 9.17) is 10.8 Å². The second-order valence-corrected chi connectivity index (χ2v) is 5.72. The van der Waals surface area contributed by atoms with E-state index in [-0.39, 0.29) is 24.8 Å². The standard InChI is InChI=1S/C13H18N2O3S/c14-9(5-6-12(16)17)13(18)15-7-1-3-10(15)11-4-2-8-19-11/h2,4,8-10H,1,3,5-7,14H2,(H,16,17). The maximum absolute atomic E-state index is 12.3. The van der Waals surface area contributed by atoms with Crippen LogP contribution in [-0.2, 0) is 9.59 Å². The summed E-state index contributed by atoms with van der Waals surface area (Å²) in [5.41, 5.74) is 5.81. The predicted octanol–water partition coefficient (Wildman–Crippen LogP) is 1.60. The zero-order valence-corrected chi connectivity index (χ0v) is 11.4. The fourth-order valence-corrected chi connectivity index (χ4v) is 3.30. The molecule has 0 bridgehead atoms. The Hall–Kier alpha value is -1.40. The van der Waals surface area contributed by atoms with Gasteiger partial charge in [-0.1, -0.05) is 6.07 Å². The van der Waals surface area contributed by atoms with Gasteiger partial charge in [0, 0.05) is 17.8 Å². The smallest absolute Gasteiger partial charge is 0.303 e. The van der Waals surface area contributed by atoms with Gasteiger partial charge in [0.05, 0.1) is 12.1 Å². The Morgan fingerprint density at radius 3 is 3.00 bits per heavy atom. The monoisotopic (exact) mass is 282 g/mol. The summed E-state index contributed by atoms with van der Waals surface area (Å²) in [5, 5.41) is 10.6. The maximum Gasteiger partial charge on any atom is 0.303 e. The van der Waals surface area contributed by atoms with Crippen LogP contribution in [0, 0.1) is 0 Å². The van der Waals surface area contributed by atoms with Crippen molar-refractivity contribution in [2.75, 3.05) is 6.54 Å². The van der Waals surface area contributed by atoms with E-state index in [0.29, 0.717) is 6.54 Å². The molecule has 19 heavy (non-hydrogen) atoms. The molecule has 0 spiro atoms. The number of carboxylic acids is 1. The van der Waals surface area contributed by atoms with Crippen molar-refractivity contribution < 1.29 is 14.7 Å². The number of nitrogens with two attached hydrogens (primary N) is 1. The summed E-state index contributed by atoms with van der Waals surface area (Å²) >= 11 is 1.64. The number of rotatable bonds is 5. The summed E-state index contributed by atoms with van der Waals surface area (Å²) in [5.74, 6) is -1.04. The summed E-state index contributed by atoms with van der Waals surface area (Å²) in [6.07, 6.45) is 2.06. The van der Waals surface area contributed by atoms with Crippen molar-refractivity contribution in [1.29, 1.82) is 0 Å². The van der Waals surface area contributed by atoms with Crippen LogP contribution in [0.5, 0.6) is 0 Å². The Bertz CT molecular complexity index is 447. The summed E-state index contributed by atoms with van der Waals surface area (Å²) in [7, 11) is 0. The van der Waals surface area contributed by atoms with E-state index in [1.165, 1.54) is 4.88 Å². The number of thiophene rings is 1. The first-order valence-electron chi connectivity index (χ1n) is 6.41. The maximum atomic E-state index is 12.3. The second kappa shape index (κ2) is 6.16. The Labute approximate surface area is 116 Å². The van der Waals surface area contributed by atoms with Gasteiger partial charge in [0.25, 0.3) is 0 Å². The van der Waals surface area contributed by atoms with Crippen molar-refractivity contribution in [3.05, 3.63) is 22.4 Å². The third-order valence-corrected chi connectivity index (χ3v) is 4.37. The van der Waals surface area contributed by atoms with Crippen molar-refractivity contribution in [1.82, 2.24) is 4.90 Å². The molecule has 104 valence electrons. The van der Waals surface area contributed by atoms with Crippen LogP contribution in [-0.4, -0.2) is 34.5 Å². The SMILES string of the molecule is NC(CCC(=O)O)C(=O)N1CCCC1c1cccs1. The summed E-state index contributed by atoms with van der Waals surface area (Å²) in [4.78, 5) is 25.8. The molecule has 2 atom stereocenters. The molecule has 2 rings (SSSR count). The van der Waals surface area contributed by atoms with Crippen molar-refractivity contribution >= 4 is 23.2 Å². The van der Waals surface area contributed by atoms with Crippen molar-refractivity contribution in [3.8, 4) is 0 Å². The van der Waals surface area contributed by atoms with Gasteiger partial charge in [-0.3, -0.25) is 9.59 Å². The van der Waals surface area contributed by atoms with Crippen LogP contribution in [0.1, 0.15) is 36.6 Å². The van der Waals surface area contributed by atoms with Gasteiger partial charge in [-0.05, 0) is 30.7 Å². The van der Waals surface area contributed by atoms with Crippen LogP contribution >= 0.6 is 11.3 Å². The minimum Gasteiger partial charge on any atom is -0.481 e. The lowest BCUT2D eigenvalue weighted by Crippen LogP contribution is -2.43. The largest absolute Gasteiger partial charge is 0.481 e. The molecule has 1 aromatic rings. The molecular formula is C13H18N2O3S. The normalized spacial score (nSPS) is 20.5. The van der Waals surface area contributed by atoms with E-state index < -0.39 is 12.0 Å². The van der Waals surface area contributed by atoms with Gasteiger partial charge in [0.1, 0.15) is 0 Å². The Kier molecular flexibility index (Phi) is 4.55. The fourth-order valence-electron chi connectivity index (χ4n) is 2.42. The van der Waals surface area contributed by atoms with Gasteiger partial charge in [-0.25, -0.2) is 0 Å². The Balaban J connectivity index is 1.99. The predicted molar refractivity (Wildman–Crippen MR) is 72.9 cm³/mol. The number of likely N-dealkylation sites (tertiary alicyclic amines) is 1. The molecule has 1 fully saturated rings. The highest BCUT2D eigenvalue weighted by atomic mass is 32.1. The highest BCUT2D eigenvalue weighted by Gasteiger charge is 2.33. The molecule has 6 heteroatoms. The molecule has 3 N–H and O–H groups in total. The number of carbonyl (C=O) groups excluding carboxylic acids is 1. The molecule has 1 aliphatic rings. The minimum absolute atomic E-state index is 0.0651. The zero-order valence-electron chi connectivity index (χ0n) is 10.6. The molecule has 2 heterocycles. The second-order valence-electron chi connectivity index (χ2n) is 4.74. The molecule has 1 aromatic heterocycles. The third-order valence-electron chi connectivity index (χ3n) is 3.39. The molecule has 1 amide bonds. The highest BCUT2D eigenvalue weighted by Crippen LogP contribution is 2.34. The fraction of sp³-hybridized carbons (Fsp3) is 0.538. The minimum atomic E-state index is -0.917. The first-order valence-corrected chi connectivity index (χ1v) is 7.29. The number of carbonyl (C=O) groups is 2. The zero-order chi connectivity index (χ0) is 13.8. The molecule has 1 saturated heterocycles. The molecule has 5 nitrogen and oxygen atoms in total. The van der Waals surface area contributed by atoms with Crippen molar-refractivity contribution in [2.45, 2.75) is 37.8 Å². The van der Waals surface area contributed by atoms with E-state index in [0.717, 1.165) is 12.8 Å². The van der Waals surface area contributed by atoms with Crippen LogP contribution in [0.3, 0.4) is 0 Å². The van der Waals surface area contributed by atoms with E-state index in [2.05, 4.69) is 0 Å². The number of nitrogens with zero attached hydrogens (tertiary/aromatic N) is 1. The topological polar surface area (TPSA) is 83.6 Å². The lowest BCUT2D eigenvalue weighted by molar-refractivity contribution is -0.137. The van der Waals surface area contributed by atoms with Gasteiger partial charge in [-0.15, -0.1) is 11.3 Å². The number of amides is 1.